The molecule has 2 saturated carbocycles. The summed E-state index contributed by atoms with van der Waals surface area (Å²) >= 11 is 7.16. The van der Waals surface area contributed by atoms with Gasteiger partial charge in [0.25, 0.3) is 0 Å². The standard InChI is InChI=1S/C25H39NS2/c1-4-6-19-7-9-20(10-8-19)21-11-13-22(14-12-21)23-15-17-24(18-16-23)26(5-2)25(27)28-3/h15-22H,4-14H2,1-3H3. The SMILES string of the molecule is CCCC1CCC(C2CCC(c3ccc(N(CC)C(=S)SC)cc3)CC2)CC1. The molecule has 156 valence electrons. The molecule has 2 fully saturated rings. The number of hydrogen-bond acceptors (Lipinski definition) is 2. The molecular formula is C25H39NS2. The van der Waals surface area contributed by atoms with Crippen LogP contribution in [0.15, 0.2) is 24.3 Å². The number of rotatable bonds is 6. The van der Waals surface area contributed by atoms with Gasteiger partial charge < -0.3 is 4.90 Å². The molecule has 0 aromatic heterocycles. The third-order valence-electron chi connectivity index (χ3n) is 7.41. The van der Waals surface area contributed by atoms with Crippen LogP contribution in [0.4, 0.5) is 5.69 Å². The molecule has 0 radical (unpaired) electrons. The van der Waals surface area contributed by atoms with Gasteiger partial charge in [0, 0.05) is 12.2 Å². The third kappa shape index (κ3) is 5.53. The quantitative estimate of drug-likeness (QED) is 0.431. The maximum absolute atomic E-state index is 5.50. The van der Waals surface area contributed by atoms with Crippen molar-refractivity contribution >= 4 is 34.0 Å². The van der Waals surface area contributed by atoms with Gasteiger partial charge in [-0.3, -0.25) is 0 Å². The monoisotopic (exact) mass is 417 g/mol. The zero-order valence-electron chi connectivity index (χ0n) is 18.2. The summed E-state index contributed by atoms with van der Waals surface area (Å²) in [5, 5.41) is 0. The fourth-order valence-corrected chi connectivity index (χ4v) is 6.42. The molecule has 0 atom stereocenters. The molecule has 0 heterocycles. The molecule has 1 nitrogen and oxygen atoms in total. The van der Waals surface area contributed by atoms with Gasteiger partial charge in [0.2, 0.25) is 0 Å². The normalized spacial score (nSPS) is 28.1. The lowest BCUT2D eigenvalue weighted by Gasteiger charge is -2.38. The van der Waals surface area contributed by atoms with Crippen LogP contribution in [0.1, 0.15) is 89.5 Å². The zero-order chi connectivity index (χ0) is 19.9. The first kappa shape index (κ1) is 22.2. The van der Waals surface area contributed by atoms with E-state index < -0.39 is 0 Å². The molecule has 2 aliphatic carbocycles. The second kappa shape index (κ2) is 11.0. The molecule has 1 aromatic carbocycles. The van der Waals surface area contributed by atoms with Crippen molar-refractivity contribution in [2.75, 3.05) is 17.7 Å². The molecule has 2 aliphatic rings. The molecule has 0 N–H and O–H groups in total. The first-order valence-electron chi connectivity index (χ1n) is 11.6. The van der Waals surface area contributed by atoms with Gasteiger partial charge >= 0.3 is 0 Å². The highest BCUT2D eigenvalue weighted by Crippen LogP contribution is 2.44. The van der Waals surface area contributed by atoms with E-state index in [9.17, 15) is 0 Å². The Morgan fingerprint density at radius 2 is 1.50 bits per heavy atom. The van der Waals surface area contributed by atoms with E-state index in [0.717, 1.165) is 34.5 Å². The average molecular weight is 418 g/mol. The Morgan fingerprint density at radius 1 is 0.929 bits per heavy atom. The molecule has 0 saturated heterocycles. The van der Waals surface area contributed by atoms with Crippen LogP contribution in [0.3, 0.4) is 0 Å². The van der Waals surface area contributed by atoms with E-state index in [1.807, 2.05) is 0 Å². The predicted molar refractivity (Wildman–Crippen MR) is 131 cm³/mol. The van der Waals surface area contributed by atoms with E-state index in [-0.39, 0.29) is 0 Å². The van der Waals surface area contributed by atoms with Crippen LogP contribution in [0.2, 0.25) is 0 Å². The summed E-state index contributed by atoms with van der Waals surface area (Å²) in [5.41, 5.74) is 2.78. The number of benzene rings is 1. The van der Waals surface area contributed by atoms with Crippen LogP contribution in [-0.4, -0.2) is 17.1 Å². The Balaban J connectivity index is 1.50. The fourth-order valence-electron chi connectivity index (χ4n) is 5.73. The minimum Gasteiger partial charge on any atom is -0.328 e. The molecule has 0 amide bonds. The van der Waals surface area contributed by atoms with Gasteiger partial charge in [-0.05, 0) is 93.1 Å². The van der Waals surface area contributed by atoms with Gasteiger partial charge in [-0.2, -0.15) is 0 Å². The van der Waals surface area contributed by atoms with Crippen LogP contribution in [-0.2, 0) is 0 Å². The second-order valence-corrected chi connectivity index (χ2v) is 10.4. The first-order chi connectivity index (χ1) is 13.7. The van der Waals surface area contributed by atoms with Crippen molar-refractivity contribution in [2.45, 2.75) is 84.0 Å². The molecule has 0 unspecified atom stereocenters. The Bertz CT molecular complexity index is 595. The van der Waals surface area contributed by atoms with Crippen molar-refractivity contribution < 1.29 is 0 Å². The summed E-state index contributed by atoms with van der Waals surface area (Å²) in [5.74, 6) is 3.84. The van der Waals surface area contributed by atoms with Crippen molar-refractivity contribution in [1.29, 1.82) is 0 Å². The molecular weight excluding hydrogens is 378 g/mol. The number of hydrogen-bond donors (Lipinski definition) is 0. The van der Waals surface area contributed by atoms with Gasteiger partial charge in [0.05, 0.1) is 0 Å². The van der Waals surface area contributed by atoms with Crippen molar-refractivity contribution in [3.63, 3.8) is 0 Å². The summed E-state index contributed by atoms with van der Waals surface area (Å²) in [6.07, 6.45) is 16.6. The number of thioether (sulfide) groups is 1. The van der Waals surface area contributed by atoms with E-state index in [1.165, 1.54) is 69.9 Å². The molecule has 3 rings (SSSR count). The minimum absolute atomic E-state index is 0.768. The van der Waals surface area contributed by atoms with E-state index in [1.54, 1.807) is 17.3 Å². The van der Waals surface area contributed by atoms with Crippen molar-refractivity contribution in [3.8, 4) is 0 Å². The predicted octanol–water partition coefficient (Wildman–Crippen LogP) is 8.04. The zero-order valence-corrected chi connectivity index (χ0v) is 19.8. The summed E-state index contributed by atoms with van der Waals surface area (Å²) in [7, 11) is 0. The maximum Gasteiger partial charge on any atom is 0.140 e. The molecule has 1 aromatic rings. The van der Waals surface area contributed by atoms with Crippen LogP contribution in [0.25, 0.3) is 0 Å². The van der Waals surface area contributed by atoms with Gasteiger partial charge in [-0.1, -0.05) is 57.0 Å². The third-order valence-corrected chi connectivity index (χ3v) is 8.70. The minimum atomic E-state index is 0.768. The van der Waals surface area contributed by atoms with Crippen LogP contribution in [0, 0.1) is 17.8 Å². The van der Waals surface area contributed by atoms with Crippen LogP contribution >= 0.6 is 24.0 Å². The maximum atomic E-state index is 5.50. The van der Waals surface area contributed by atoms with Gasteiger partial charge in [0.1, 0.15) is 4.32 Å². The lowest BCUT2D eigenvalue weighted by atomic mass is 9.68. The Kier molecular flexibility index (Phi) is 8.71. The summed E-state index contributed by atoms with van der Waals surface area (Å²) in [4.78, 5) is 2.23. The lowest BCUT2D eigenvalue weighted by Crippen LogP contribution is -2.26. The largest absolute Gasteiger partial charge is 0.328 e. The van der Waals surface area contributed by atoms with E-state index >= 15 is 0 Å². The number of thiocarbonyl (C=S) groups is 1. The Hall–Kier alpha value is -0.540. The molecule has 0 bridgehead atoms. The molecule has 0 spiro atoms. The number of nitrogens with zero attached hydrogens (tertiary/aromatic N) is 1. The Morgan fingerprint density at radius 3 is 2.00 bits per heavy atom. The van der Waals surface area contributed by atoms with Crippen molar-refractivity contribution in [1.82, 2.24) is 0 Å². The van der Waals surface area contributed by atoms with E-state index in [0.29, 0.717) is 0 Å². The van der Waals surface area contributed by atoms with E-state index in [2.05, 4.69) is 49.3 Å². The number of anilines is 1. The summed E-state index contributed by atoms with van der Waals surface area (Å²) < 4.78 is 0.962. The molecule has 3 heteroatoms. The molecule has 0 aliphatic heterocycles. The topological polar surface area (TPSA) is 3.24 Å². The summed E-state index contributed by atoms with van der Waals surface area (Å²) in [6, 6.07) is 9.29. The van der Waals surface area contributed by atoms with Gasteiger partial charge in [-0.25, -0.2) is 0 Å². The fraction of sp³-hybridized carbons (Fsp3) is 0.720. The smallest absolute Gasteiger partial charge is 0.140 e. The highest BCUT2D eigenvalue weighted by atomic mass is 32.2. The average Bonchev–Trinajstić information content (AvgIpc) is 2.75. The van der Waals surface area contributed by atoms with Crippen molar-refractivity contribution in [2.24, 2.45) is 17.8 Å². The van der Waals surface area contributed by atoms with Crippen LogP contribution in [0.5, 0.6) is 0 Å². The van der Waals surface area contributed by atoms with Gasteiger partial charge in [-0.15, -0.1) is 11.8 Å². The first-order valence-corrected chi connectivity index (χ1v) is 13.2. The molecule has 28 heavy (non-hydrogen) atoms. The van der Waals surface area contributed by atoms with Gasteiger partial charge in [0.15, 0.2) is 0 Å². The highest BCUT2D eigenvalue weighted by molar-refractivity contribution is 8.22. The summed E-state index contributed by atoms with van der Waals surface area (Å²) in [6.45, 7) is 5.45. The highest BCUT2D eigenvalue weighted by Gasteiger charge is 2.31. The van der Waals surface area contributed by atoms with E-state index in [4.69, 9.17) is 12.2 Å². The van der Waals surface area contributed by atoms with Crippen LogP contribution < -0.4 is 4.90 Å². The Labute approximate surface area is 183 Å². The lowest BCUT2D eigenvalue weighted by molar-refractivity contribution is 0.156. The second-order valence-electron chi connectivity index (χ2n) is 8.99. The van der Waals surface area contributed by atoms with Crippen molar-refractivity contribution in [3.05, 3.63) is 29.8 Å².